The van der Waals surface area contributed by atoms with Crippen LogP contribution in [0.4, 0.5) is 0 Å². The fraction of sp³-hybridized carbons (Fsp3) is 1.00. The Kier molecular flexibility index (Phi) is 3.94. The molecule has 4 heteroatoms. The first kappa shape index (κ1) is 9.57. The van der Waals surface area contributed by atoms with Crippen LogP contribution in [0, 0.1) is 0 Å². The van der Waals surface area contributed by atoms with Gasteiger partial charge in [0.2, 0.25) is 0 Å². The van der Waals surface area contributed by atoms with Crippen LogP contribution in [-0.4, -0.2) is 20.9 Å². The third-order valence-electron chi connectivity index (χ3n) is 0. The van der Waals surface area contributed by atoms with E-state index in [0.29, 0.717) is 0 Å². The summed E-state index contributed by atoms with van der Waals surface area (Å²) in [5, 5.41) is 0. The fourth-order valence-electron chi connectivity index (χ4n) is 0. The summed E-state index contributed by atoms with van der Waals surface area (Å²) in [6.07, 6.45) is 2.32. The Bertz CT molecular complexity index is 92.7. The summed E-state index contributed by atoms with van der Waals surface area (Å²) in [5.41, 5.74) is 0. The Hall–Kier alpha value is 0.300. The number of rotatable bonds is 0. The topological polar surface area (TPSA) is 34.1 Å². The second kappa shape index (κ2) is 2.47. The lowest BCUT2D eigenvalue weighted by molar-refractivity contribution is 0.607. The summed E-state index contributed by atoms with van der Waals surface area (Å²) in [6.45, 7) is 0. The van der Waals surface area contributed by atoms with Crippen LogP contribution in [0.1, 0.15) is 0 Å². The molecule has 38 valence electrons. The molecule has 0 heterocycles. The minimum Gasteiger partial charge on any atom is -0.229 e. The highest BCUT2D eigenvalue weighted by atomic mass is 32.2. The van der Waals surface area contributed by atoms with E-state index in [4.69, 9.17) is 0 Å². The molecule has 0 aliphatic heterocycles. The Balaban J connectivity index is 0. The number of sulfone groups is 1. The minimum atomic E-state index is -2.67. The first-order chi connectivity index (χ1) is 2.00. The van der Waals surface area contributed by atoms with Gasteiger partial charge in [0.1, 0.15) is 9.84 Å². The van der Waals surface area contributed by atoms with Gasteiger partial charge in [-0.1, -0.05) is 0 Å². The molecule has 2 nitrogen and oxygen atoms in total. The molecule has 0 aliphatic rings. The molecular weight excluding hydrogens is 120 g/mol. The number of hydrogen-bond donors (Lipinski definition) is 0. The zero-order chi connectivity index (χ0) is 4.50. The van der Waals surface area contributed by atoms with Crippen molar-refractivity contribution < 1.29 is 8.42 Å². The highest BCUT2D eigenvalue weighted by Crippen LogP contribution is 1.61. The van der Waals surface area contributed by atoms with Gasteiger partial charge in [-0.3, -0.25) is 0 Å². The average molecular weight is 126 g/mol. The summed E-state index contributed by atoms with van der Waals surface area (Å²) < 4.78 is 19.3. The molecule has 0 bridgehead atoms. The molecule has 0 rings (SSSR count). The molecule has 2 radical (unpaired) electrons. The minimum absolute atomic E-state index is 0. The summed E-state index contributed by atoms with van der Waals surface area (Å²) in [6, 6.07) is 0. The van der Waals surface area contributed by atoms with Crippen molar-refractivity contribution in [2.75, 3.05) is 12.5 Å². The largest absolute Gasteiger partial charge is 0.229 e. The van der Waals surface area contributed by atoms with Crippen molar-refractivity contribution in [3.8, 4) is 0 Å². The van der Waals surface area contributed by atoms with E-state index in [9.17, 15) is 8.42 Å². The van der Waals surface area contributed by atoms with Gasteiger partial charge in [-0.05, 0) is 0 Å². The summed E-state index contributed by atoms with van der Waals surface area (Å²) >= 11 is 0. The molecule has 0 amide bonds. The molecule has 0 unspecified atom stereocenters. The SMILES string of the molecule is CS(C)(=O)=O.[S]. The number of hydrogen-bond acceptors (Lipinski definition) is 2. The second-order valence-electron chi connectivity index (χ2n) is 1.14. The molecule has 0 aromatic rings. The van der Waals surface area contributed by atoms with Gasteiger partial charge in [0.05, 0.1) is 0 Å². The smallest absolute Gasteiger partial charge is 0.144 e. The van der Waals surface area contributed by atoms with E-state index in [2.05, 4.69) is 0 Å². The van der Waals surface area contributed by atoms with Gasteiger partial charge in [0.25, 0.3) is 0 Å². The maximum atomic E-state index is 9.63. The van der Waals surface area contributed by atoms with Crippen LogP contribution in [-0.2, 0) is 9.84 Å². The normalized spacial score (nSPS) is 9.67. The van der Waals surface area contributed by atoms with Gasteiger partial charge in [-0.25, -0.2) is 8.42 Å². The van der Waals surface area contributed by atoms with Gasteiger partial charge >= 0.3 is 0 Å². The zero-order valence-corrected chi connectivity index (χ0v) is 5.27. The van der Waals surface area contributed by atoms with Crippen LogP contribution < -0.4 is 0 Å². The van der Waals surface area contributed by atoms with Crippen molar-refractivity contribution in [1.29, 1.82) is 0 Å². The quantitative estimate of drug-likeness (QED) is 0.468. The zero-order valence-electron chi connectivity index (χ0n) is 3.63. The summed E-state index contributed by atoms with van der Waals surface area (Å²) in [7, 11) is -2.67. The van der Waals surface area contributed by atoms with Crippen molar-refractivity contribution >= 4 is 23.3 Å². The van der Waals surface area contributed by atoms with Gasteiger partial charge in [-0.15, -0.1) is 0 Å². The molecule has 0 N–H and O–H groups in total. The van der Waals surface area contributed by atoms with Crippen molar-refractivity contribution in [2.45, 2.75) is 0 Å². The van der Waals surface area contributed by atoms with Crippen molar-refractivity contribution in [3.05, 3.63) is 0 Å². The highest BCUT2D eigenvalue weighted by molar-refractivity contribution is 7.89. The summed E-state index contributed by atoms with van der Waals surface area (Å²) in [4.78, 5) is 0. The molecule has 0 saturated heterocycles. The third kappa shape index (κ3) is 520. The van der Waals surface area contributed by atoms with Crippen molar-refractivity contribution in [3.63, 3.8) is 0 Å². The van der Waals surface area contributed by atoms with Gasteiger partial charge in [0, 0.05) is 26.0 Å². The van der Waals surface area contributed by atoms with E-state index in [1.807, 2.05) is 0 Å². The average Bonchev–Trinajstić information content (AvgIpc) is 0.722. The molecule has 0 aromatic heterocycles. The van der Waals surface area contributed by atoms with E-state index in [0.717, 1.165) is 12.5 Å². The van der Waals surface area contributed by atoms with Crippen LogP contribution in [0.15, 0.2) is 0 Å². The first-order valence-electron chi connectivity index (χ1n) is 1.15. The van der Waals surface area contributed by atoms with E-state index < -0.39 is 9.84 Å². The molecule has 0 saturated carbocycles. The van der Waals surface area contributed by atoms with Gasteiger partial charge < -0.3 is 0 Å². The Labute approximate surface area is 44.9 Å². The van der Waals surface area contributed by atoms with Crippen LogP contribution in [0.2, 0.25) is 0 Å². The molecule has 0 aromatic carbocycles. The van der Waals surface area contributed by atoms with E-state index >= 15 is 0 Å². The fourth-order valence-corrected chi connectivity index (χ4v) is 0. The van der Waals surface area contributed by atoms with E-state index in [1.54, 1.807) is 0 Å². The Morgan fingerprint density at radius 3 is 1.17 bits per heavy atom. The third-order valence-corrected chi connectivity index (χ3v) is 0. The van der Waals surface area contributed by atoms with Crippen molar-refractivity contribution in [1.82, 2.24) is 0 Å². The van der Waals surface area contributed by atoms with Gasteiger partial charge in [-0.2, -0.15) is 0 Å². The second-order valence-corrected chi connectivity index (χ2v) is 3.43. The summed E-state index contributed by atoms with van der Waals surface area (Å²) in [5.74, 6) is 0. The molecular formula is C2H6O2S2. The predicted octanol–water partition coefficient (Wildman–Crippen LogP) is 0.309. The first-order valence-corrected chi connectivity index (χ1v) is 3.45. The van der Waals surface area contributed by atoms with Gasteiger partial charge in [0.15, 0.2) is 0 Å². The molecule has 0 fully saturated rings. The predicted molar refractivity (Wildman–Crippen MR) is 28.4 cm³/mol. The van der Waals surface area contributed by atoms with Crippen LogP contribution >= 0.6 is 13.5 Å². The molecule has 0 spiro atoms. The lowest BCUT2D eigenvalue weighted by Crippen LogP contribution is -1.86. The maximum Gasteiger partial charge on any atom is 0.144 e. The maximum absolute atomic E-state index is 9.63. The molecule has 0 aliphatic carbocycles. The Morgan fingerprint density at radius 2 is 1.17 bits per heavy atom. The lowest BCUT2D eigenvalue weighted by Gasteiger charge is -1.69. The van der Waals surface area contributed by atoms with E-state index in [-0.39, 0.29) is 13.5 Å². The van der Waals surface area contributed by atoms with E-state index in [1.165, 1.54) is 0 Å². The van der Waals surface area contributed by atoms with Crippen molar-refractivity contribution in [2.24, 2.45) is 0 Å². The standard InChI is InChI=1S/C2H6O2S.S/c1-5(2,3)4;/h1-2H3;. The molecule has 0 atom stereocenters. The van der Waals surface area contributed by atoms with Crippen LogP contribution in [0.3, 0.4) is 0 Å². The highest BCUT2D eigenvalue weighted by Gasteiger charge is 1.79. The monoisotopic (exact) mass is 126 g/mol. The van der Waals surface area contributed by atoms with Crippen LogP contribution in [0.25, 0.3) is 0 Å². The lowest BCUT2D eigenvalue weighted by atomic mass is 11.9. The Morgan fingerprint density at radius 1 is 1.17 bits per heavy atom. The molecule has 6 heavy (non-hydrogen) atoms. The van der Waals surface area contributed by atoms with Crippen LogP contribution in [0.5, 0.6) is 0 Å².